The van der Waals surface area contributed by atoms with Crippen LogP contribution in [0.4, 0.5) is 5.69 Å². The molecule has 2 heterocycles. The molecule has 3 rings (SSSR count). The Morgan fingerprint density at radius 2 is 1.82 bits per heavy atom. The minimum atomic E-state index is 0.190. The molecule has 0 aliphatic carbocycles. The number of carbonyl (C=O) groups is 1. The number of aromatic nitrogens is 2. The zero-order valence-corrected chi connectivity index (χ0v) is 13.2. The highest BCUT2D eigenvalue weighted by molar-refractivity contribution is 5.78. The van der Waals surface area contributed by atoms with Gasteiger partial charge in [-0.2, -0.15) is 5.10 Å². The standard InChI is InChI=1S/C17H22N4O/c1-14-12-16(19(2)18-14)13-17(22)21-10-8-20(9-11-21)15-6-4-3-5-7-15/h3-7,12H,8-11,13H2,1-2H3. The average Bonchev–Trinajstić information content (AvgIpc) is 2.86. The van der Waals surface area contributed by atoms with Crippen LogP contribution in [0.25, 0.3) is 0 Å². The molecule has 5 nitrogen and oxygen atoms in total. The Morgan fingerprint density at radius 3 is 2.41 bits per heavy atom. The molecule has 1 saturated heterocycles. The Labute approximate surface area is 131 Å². The smallest absolute Gasteiger partial charge is 0.228 e. The van der Waals surface area contributed by atoms with Crippen molar-refractivity contribution < 1.29 is 4.79 Å². The molecule has 116 valence electrons. The van der Waals surface area contributed by atoms with E-state index in [1.54, 1.807) is 4.68 Å². The van der Waals surface area contributed by atoms with Crippen LogP contribution in [0, 0.1) is 6.92 Å². The molecule has 1 aromatic heterocycles. The van der Waals surface area contributed by atoms with Gasteiger partial charge in [0.15, 0.2) is 0 Å². The minimum absolute atomic E-state index is 0.190. The summed E-state index contributed by atoms with van der Waals surface area (Å²) in [4.78, 5) is 16.7. The van der Waals surface area contributed by atoms with E-state index in [2.05, 4.69) is 34.3 Å². The van der Waals surface area contributed by atoms with Gasteiger partial charge in [-0.25, -0.2) is 0 Å². The van der Waals surface area contributed by atoms with E-state index in [4.69, 9.17) is 0 Å². The zero-order chi connectivity index (χ0) is 15.5. The molecule has 2 aromatic rings. The lowest BCUT2D eigenvalue weighted by atomic mass is 10.2. The molecule has 22 heavy (non-hydrogen) atoms. The van der Waals surface area contributed by atoms with Crippen LogP contribution in [0.15, 0.2) is 36.4 Å². The Morgan fingerprint density at radius 1 is 1.14 bits per heavy atom. The molecule has 0 N–H and O–H groups in total. The molecule has 5 heteroatoms. The quantitative estimate of drug-likeness (QED) is 0.864. The normalized spacial score (nSPS) is 15.2. The summed E-state index contributed by atoms with van der Waals surface area (Å²) in [5.41, 5.74) is 3.17. The average molecular weight is 298 g/mol. The highest BCUT2D eigenvalue weighted by Crippen LogP contribution is 2.16. The summed E-state index contributed by atoms with van der Waals surface area (Å²) in [6, 6.07) is 12.4. The van der Waals surface area contributed by atoms with Crippen LogP contribution in [0.2, 0.25) is 0 Å². The highest BCUT2D eigenvalue weighted by Gasteiger charge is 2.22. The van der Waals surface area contributed by atoms with Crippen molar-refractivity contribution >= 4 is 11.6 Å². The molecule has 1 aromatic carbocycles. The predicted molar refractivity (Wildman–Crippen MR) is 86.9 cm³/mol. The first-order chi connectivity index (χ1) is 10.6. The lowest BCUT2D eigenvalue weighted by Gasteiger charge is -2.36. The van der Waals surface area contributed by atoms with E-state index in [0.29, 0.717) is 6.42 Å². The molecule has 0 atom stereocenters. The van der Waals surface area contributed by atoms with E-state index in [1.807, 2.05) is 31.0 Å². The third-order valence-electron chi connectivity index (χ3n) is 4.18. The van der Waals surface area contributed by atoms with Crippen molar-refractivity contribution in [3.8, 4) is 0 Å². The van der Waals surface area contributed by atoms with Gasteiger partial charge in [-0.15, -0.1) is 0 Å². The van der Waals surface area contributed by atoms with Crippen molar-refractivity contribution in [3.05, 3.63) is 47.8 Å². The maximum absolute atomic E-state index is 12.4. The Balaban J connectivity index is 1.57. The topological polar surface area (TPSA) is 41.4 Å². The van der Waals surface area contributed by atoms with Gasteiger partial charge >= 0.3 is 0 Å². The van der Waals surface area contributed by atoms with E-state index in [1.165, 1.54) is 5.69 Å². The number of piperazine rings is 1. The van der Waals surface area contributed by atoms with Crippen molar-refractivity contribution in [3.63, 3.8) is 0 Å². The molecule has 0 spiro atoms. The van der Waals surface area contributed by atoms with Gasteiger partial charge in [0, 0.05) is 44.6 Å². The van der Waals surface area contributed by atoms with Crippen LogP contribution in [-0.4, -0.2) is 46.8 Å². The minimum Gasteiger partial charge on any atom is -0.368 e. The lowest BCUT2D eigenvalue weighted by Crippen LogP contribution is -2.49. The summed E-state index contributed by atoms with van der Waals surface area (Å²) in [6.07, 6.45) is 0.433. The zero-order valence-electron chi connectivity index (χ0n) is 13.2. The third-order valence-corrected chi connectivity index (χ3v) is 4.18. The number of rotatable bonds is 3. The van der Waals surface area contributed by atoms with Gasteiger partial charge in [-0.1, -0.05) is 18.2 Å². The van der Waals surface area contributed by atoms with E-state index in [9.17, 15) is 4.79 Å². The number of amides is 1. The number of anilines is 1. The van der Waals surface area contributed by atoms with Crippen LogP contribution in [0.5, 0.6) is 0 Å². The molecule has 1 fully saturated rings. The number of benzene rings is 1. The van der Waals surface area contributed by atoms with Gasteiger partial charge in [0.1, 0.15) is 0 Å². The maximum Gasteiger partial charge on any atom is 0.228 e. The second-order valence-electron chi connectivity index (χ2n) is 5.78. The molecular formula is C17H22N4O. The summed E-state index contributed by atoms with van der Waals surface area (Å²) in [5.74, 6) is 0.190. The van der Waals surface area contributed by atoms with Crippen LogP contribution in [0.3, 0.4) is 0 Å². The van der Waals surface area contributed by atoms with Crippen LogP contribution in [-0.2, 0) is 18.3 Å². The predicted octanol–water partition coefficient (Wildman–Crippen LogP) is 1.62. The van der Waals surface area contributed by atoms with Crippen molar-refractivity contribution in [1.82, 2.24) is 14.7 Å². The number of para-hydroxylation sites is 1. The second-order valence-corrected chi connectivity index (χ2v) is 5.78. The molecule has 0 radical (unpaired) electrons. The third kappa shape index (κ3) is 3.13. The van der Waals surface area contributed by atoms with Crippen LogP contribution >= 0.6 is 0 Å². The largest absolute Gasteiger partial charge is 0.368 e. The second kappa shape index (κ2) is 6.22. The van der Waals surface area contributed by atoms with Gasteiger partial charge in [0.2, 0.25) is 5.91 Å². The Kier molecular flexibility index (Phi) is 4.13. The van der Waals surface area contributed by atoms with E-state index >= 15 is 0 Å². The highest BCUT2D eigenvalue weighted by atomic mass is 16.2. The molecule has 0 saturated carbocycles. The fourth-order valence-electron chi connectivity index (χ4n) is 2.95. The van der Waals surface area contributed by atoms with Crippen molar-refractivity contribution in [2.75, 3.05) is 31.1 Å². The van der Waals surface area contributed by atoms with Crippen LogP contribution < -0.4 is 4.90 Å². The first kappa shape index (κ1) is 14.6. The monoisotopic (exact) mass is 298 g/mol. The van der Waals surface area contributed by atoms with Crippen molar-refractivity contribution in [2.45, 2.75) is 13.3 Å². The first-order valence-electron chi connectivity index (χ1n) is 7.71. The fourth-order valence-corrected chi connectivity index (χ4v) is 2.95. The van der Waals surface area contributed by atoms with E-state index in [0.717, 1.165) is 37.6 Å². The van der Waals surface area contributed by atoms with E-state index < -0.39 is 0 Å². The first-order valence-corrected chi connectivity index (χ1v) is 7.71. The summed E-state index contributed by atoms with van der Waals surface area (Å²) < 4.78 is 1.80. The molecule has 1 amide bonds. The fraction of sp³-hybridized carbons (Fsp3) is 0.412. The summed E-state index contributed by atoms with van der Waals surface area (Å²) in [6.45, 7) is 5.29. The van der Waals surface area contributed by atoms with Gasteiger partial charge < -0.3 is 9.80 Å². The summed E-state index contributed by atoms with van der Waals surface area (Å²) in [7, 11) is 1.89. The van der Waals surface area contributed by atoms with Crippen molar-refractivity contribution in [2.24, 2.45) is 7.05 Å². The number of carbonyl (C=O) groups excluding carboxylic acids is 1. The van der Waals surface area contributed by atoms with Crippen molar-refractivity contribution in [1.29, 1.82) is 0 Å². The maximum atomic E-state index is 12.4. The SMILES string of the molecule is Cc1cc(CC(=O)N2CCN(c3ccccc3)CC2)n(C)n1. The van der Waals surface area contributed by atoms with Gasteiger partial charge in [-0.3, -0.25) is 9.48 Å². The Bertz CT molecular complexity index is 642. The summed E-state index contributed by atoms with van der Waals surface area (Å²) in [5, 5.41) is 4.30. The van der Waals surface area contributed by atoms with Crippen LogP contribution in [0.1, 0.15) is 11.4 Å². The number of aryl methyl sites for hydroxylation is 2. The van der Waals surface area contributed by atoms with Gasteiger partial charge in [0.25, 0.3) is 0 Å². The van der Waals surface area contributed by atoms with Gasteiger partial charge in [0.05, 0.1) is 12.1 Å². The molecule has 0 bridgehead atoms. The number of hydrogen-bond acceptors (Lipinski definition) is 3. The van der Waals surface area contributed by atoms with E-state index in [-0.39, 0.29) is 5.91 Å². The summed E-state index contributed by atoms with van der Waals surface area (Å²) >= 11 is 0. The number of nitrogens with zero attached hydrogens (tertiary/aromatic N) is 4. The molecule has 1 aliphatic heterocycles. The molecule has 0 unspecified atom stereocenters. The molecular weight excluding hydrogens is 276 g/mol. The molecule has 1 aliphatic rings. The number of hydrogen-bond donors (Lipinski definition) is 0. The lowest BCUT2D eigenvalue weighted by molar-refractivity contribution is -0.130. The van der Waals surface area contributed by atoms with Gasteiger partial charge in [-0.05, 0) is 25.1 Å². The Hall–Kier alpha value is -2.30.